The Labute approximate surface area is 109 Å². The largest absolute Gasteiger partial charge is 0.491 e. The molecular formula is C15H21NO2. The smallest absolute Gasteiger partial charge is 0.254 e. The lowest BCUT2D eigenvalue weighted by atomic mass is 10.2. The first-order valence-corrected chi connectivity index (χ1v) is 6.25. The van der Waals surface area contributed by atoms with Gasteiger partial charge in [-0.2, -0.15) is 0 Å². The summed E-state index contributed by atoms with van der Waals surface area (Å²) in [7, 11) is 0. The number of hydrogen-bond donors (Lipinski definition) is 0. The Bertz CT molecular complexity index is 395. The number of amides is 1. The van der Waals surface area contributed by atoms with Gasteiger partial charge in [-0.3, -0.25) is 4.79 Å². The Hall–Kier alpha value is -1.77. The molecule has 0 atom stereocenters. The summed E-state index contributed by atoms with van der Waals surface area (Å²) in [4.78, 5) is 13.9. The molecule has 0 saturated heterocycles. The van der Waals surface area contributed by atoms with Crippen LogP contribution in [0.3, 0.4) is 0 Å². The number of benzene rings is 1. The fraction of sp³-hybridized carbons (Fsp3) is 0.400. The molecule has 0 spiro atoms. The van der Waals surface area contributed by atoms with Gasteiger partial charge in [0.25, 0.3) is 5.91 Å². The molecule has 3 heteroatoms. The standard InChI is InChI=1S/C15H21NO2/c1-5-11-16(6-2)15(17)13-7-9-14(10-8-13)18-12(3)4/h5,7-10,12H,1,6,11H2,2-4H3. The van der Waals surface area contributed by atoms with Gasteiger partial charge >= 0.3 is 0 Å². The van der Waals surface area contributed by atoms with Gasteiger partial charge in [0.05, 0.1) is 6.10 Å². The van der Waals surface area contributed by atoms with Crippen LogP contribution in [0.1, 0.15) is 31.1 Å². The van der Waals surface area contributed by atoms with Gasteiger partial charge in [0.2, 0.25) is 0 Å². The Balaban J connectivity index is 2.77. The summed E-state index contributed by atoms with van der Waals surface area (Å²) in [5, 5.41) is 0. The minimum Gasteiger partial charge on any atom is -0.491 e. The van der Waals surface area contributed by atoms with Crippen LogP contribution in [-0.2, 0) is 0 Å². The van der Waals surface area contributed by atoms with Gasteiger partial charge < -0.3 is 9.64 Å². The topological polar surface area (TPSA) is 29.5 Å². The number of carbonyl (C=O) groups is 1. The van der Waals surface area contributed by atoms with Crippen LogP contribution in [0.2, 0.25) is 0 Å². The summed E-state index contributed by atoms with van der Waals surface area (Å²) in [5.41, 5.74) is 0.676. The molecule has 0 radical (unpaired) electrons. The lowest BCUT2D eigenvalue weighted by Crippen LogP contribution is -2.30. The third kappa shape index (κ3) is 3.91. The van der Waals surface area contributed by atoms with Crippen molar-refractivity contribution in [3.8, 4) is 5.75 Å². The second-order valence-corrected chi connectivity index (χ2v) is 4.32. The maximum absolute atomic E-state index is 12.1. The van der Waals surface area contributed by atoms with Crippen molar-refractivity contribution in [1.82, 2.24) is 4.90 Å². The van der Waals surface area contributed by atoms with Crippen molar-refractivity contribution in [2.45, 2.75) is 26.9 Å². The van der Waals surface area contributed by atoms with Gasteiger partial charge in [0, 0.05) is 18.7 Å². The highest BCUT2D eigenvalue weighted by Crippen LogP contribution is 2.15. The van der Waals surface area contributed by atoms with Gasteiger partial charge in [-0.05, 0) is 45.0 Å². The Morgan fingerprint density at radius 3 is 2.44 bits per heavy atom. The van der Waals surface area contributed by atoms with Gasteiger partial charge in [0.15, 0.2) is 0 Å². The first-order chi connectivity index (χ1) is 8.58. The van der Waals surface area contributed by atoms with Crippen molar-refractivity contribution in [2.75, 3.05) is 13.1 Å². The van der Waals surface area contributed by atoms with Crippen molar-refractivity contribution >= 4 is 5.91 Å². The van der Waals surface area contributed by atoms with Crippen molar-refractivity contribution in [1.29, 1.82) is 0 Å². The third-order valence-corrected chi connectivity index (χ3v) is 2.49. The predicted molar refractivity (Wildman–Crippen MR) is 74.0 cm³/mol. The van der Waals surface area contributed by atoms with E-state index >= 15 is 0 Å². The zero-order valence-corrected chi connectivity index (χ0v) is 11.3. The van der Waals surface area contributed by atoms with Crippen molar-refractivity contribution in [3.63, 3.8) is 0 Å². The van der Waals surface area contributed by atoms with Crippen LogP contribution in [0, 0.1) is 0 Å². The highest BCUT2D eigenvalue weighted by molar-refractivity contribution is 5.94. The Morgan fingerprint density at radius 1 is 1.39 bits per heavy atom. The van der Waals surface area contributed by atoms with Gasteiger partial charge in [-0.25, -0.2) is 0 Å². The van der Waals surface area contributed by atoms with Gasteiger partial charge in [-0.15, -0.1) is 6.58 Å². The first-order valence-electron chi connectivity index (χ1n) is 6.25. The third-order valence-electron chi connectivity index (χ3n) is 2.49. The first kappa shape index (κ1) is 14.3. The number of hydrogen-bond acceptors (Lipinski definition) is 2. The van der Waals surface area contributed by atoms with Crippen molar-refractivity contribution in [3.05, 3.63) is 42.5 Å². The molecule has 0 unspecified atom stereocenters. The summed E-state index contributed by atoms with van der Waals surface area (Å²) in [6.07, 6.45) is 1.87. The van der Waals surface area contributed by atoms with E-state index < -0.39 is 0 Å². The number of carbonyl (C=O) groups excluding carboxylic acids is 1. The van der Waals surface area contributed by atoms with Crippen LogP contribution in [-0.4, -0.2) is 30.0 Å². The normalized spacial score (nSPS) is 10.2. The lowest BCUT2D eigenvalue weighted by molar-refractivity contribution is 0.0782. The van der Waals surface area contributed by atoms with Gasteiger partial charge in [-0.1, -0.05) is 6.08 Å². The van der Waals surface area contributed by atoms with Crippen molar-refractivity contribution in [2.24, 2.45) is 0 Å². The molecule has 98 valence electrons. The summed E-state index contributed by atoms with van der Waals surface area (Å²) in [6, 6.07) is 7.25. The highest BCUT2D eigenvalue weighted by atomic mass is 16.5. The molecule has 0 aliphatic carbocycles. The molecule has 0 aromatic heterocycles. The van der Waals surface area contributed by atoms with E-state index in [1.165, 1.54) is 0 Å². The highest BCUT2D eigenvalue weighted by Gasteiger charge is 2.12. The van der Waals surface area contributed by atoms with E-state index in [0.29, 0.717) is 18.7 Å². The summed E-state index contributed by atoms with van der Waals surface area (Å²) in [6.45, 7) is 10.8. The second kappa shape index (κ2) is 6.84. The SMILES string of the molecule is C=CCN(CC)C(=O)c1ccc(OC(C)C)cc1. The molecule has 0 aliphatic heterocycles. The molecule has 0 bridgehead atoms. The number of ether oxygens (including phenoxy) is 1. The molecule has 18 heavy (non-hydrogen) atoms. The monoisotopic (exact) mass is 247 g/mol. The molecule has 1 rings (SSSR count). The van der Waals surface area contributed by atoms with E-state index in [-0.39, 0.29) is 12.0 Å². The van der Waals surface area contributed by atoms with Crippen LogP contribution in [0.25, 0.3) is 0 Å². The quantitative estimate of drug-likeness (QED) is 0.723. The van der Waals surface area contributed by atoms with E-state index in [4.69, 9.17) is 4.74 Å². The molecule has 0 saturated carbocycles. The van der Waals surface area contributed by atoms with E-state index in [2.05, 4.69) is 6.58 Å². The van der Waals surface area contributed by atoms with E-state index in [9.17, 15) is 4.79 Å². The maximum atomic E-state index is 12.1. The van der Waals surface area contributed by atoms with Crippen LogP contribution in [0.5, 0.6) is 5.75 Å². The van der Waals surface area contributed by atoms with E-state index in [1.54, 1.807) is 23.1 Å². The summed E-state index contributed by atoms with van der Waals surface area (Å²) >= 11 is 0. The Morgan fingerprint density at radius 2 is 2.00 bits per heavy atom. The second-order valence-electron chi connectivity index (χ2n) is 4.32. The van der Waals surface area contributed by atoms with E-state index in [0.717, 1.165) is 5.75 Å². The zero-order valence-electron chi connectivity index (χ0n) is 11.3. The predicted octanol–water partition coefficient (Wildman–Crippen LogP) is 3.12. The fourth-order valence-electron chi connectivity index (χ4n) is 1.64. The lowest BCUT2D eigenvalue weighted by Gasteiger charge is -2.19. The zero-order chi connectivity index (χ0) is 13.5. The molecule has 0 aliphatic rings. The van der Waals surface area contributed by atoms with Gasteiger partial charge in [0.1, 0.15) is 5.75 Å². The van der Waals surface area contributed by atoms with Crippen LogP contribution < -0.4 is 4.74 Å². The number of rotatable bonds is 6. The molecule has 3 nitrogen and oxygen atoms in total. The minimum atomic E-state index is 0.0218. The van der Waals surface area contributed by atoms with E-state index in [1.807, 2.05) is 32.9 Å². The fourth-order valence-corrected chi connectivity index (χ4v) is 1.64. The molecule has 0 N–H and O–H groups in total. The van der Waals surface area contributed by atoms with Crippen LogP contribution in [0.15, 0.2) is 36.9 Å². The molecule has 1 aromatic rings. The molecule has 0 fully saturated rings. The number of nitrogens with zero attached hydrogens (tertiary/aromatic N) is 1. The average Bonchev–Trinajstić information content (AvgIpc) is 2.35. The molecule has 1 amide bonds. The number of likely N-dealkylation sites (N-methyl/N-ethyl adjacent to an activating group) is 1. The molecule has 1 aromatic carbocycles. The Kier molecular flexibility index (Phi) is 5.43. The molecule has 0 heterocycles. The molecular weight excluding hydrogens is 226 g/mol. The summed E-state index contributed by atoms with van der Waals surface area (Å²) < 4.78 is 5.54. The van der Waals surface area contributed by atoms with Crippen LogP contribution >= 0.6 is 0 Å². The minimum absolute atomic E-state index is 0.0218. The summed E-state index contributed by atoms with van der Waals surface area (Å²) in [5.74, 6) is 0.807. The maximum Gasteiger partial charge on any atom is 0.254 e. The van der Waals surface area contributed by atoms with Crippen LogP contribution in [0.4, 0.5) is 0 Å². The average molecular weight is 247 g/mol. The van der Waals surface area contributed by atoms with Crippen molar-refractivity contribution < 1.29 is 9.53 Å².